The second-order valence-electron chi connectivity index (χ2n) is 8.91. The quantitative estimate of drug-likeness (QED) is 0.386. The van der Waals surface area contributed by atoms with E-state index in [9.17, 15) is 14.4 Å². The Morgan fingerprint density at radius 3 is 2.64 bits per heavy atom. The van der Waals surface area contributed by atoms with E-state index in [4.69, 9.17) is 25.7 Å². The molecule has 10 nitrogen and oxygen atoms in total. The molecule has 2 aliphatic heterocycles. The van der Waals surface area contributed by atoms with E-state index < -0.39 is 5.69 Å². The average Bonchev–Trinajstić information content (AvgIpc) is 3.63. The van der Waals surface area contributed by atoms with Gasteiger partial charge in [0.15, 0.2) is 5.22 Å². The molecule has 188 valence electrons. The number of hydrogen-bond acceptors (Lipinski definition) is 8. The monoisotopic (exact) mass is 547 g/mol. The van der Waals surface area contributed by atoms with Crippen LogP contribution in [0.15, 0.2) is 31.5 Å². The van der Waals surface area contributed by atoms with E-state index in [2.05, 4.69) is 4.57 Å². The molecule has 4 aromatic rings. The van der Waals surface area contributed by atoms with Crippen molar-refractivity contribution in [3.63, 3.8) is 0 Å². The zero-order valence-corrected chi connectivity index (χ0v) is 22.1. The van der Waals surface area contributed by atoms with Crippen molar-refractivity contribution >= 4 is 51.7 Å². The van der Waals surface area contributed by atoms with Gasteiger partial charge in [-0.2, -0.15) is 0 Å². The van der Waals surface area contributed by atoms with E-state index in [1.807, 2.05) is 18.4 Å². The molecule has 0 N–H and O–H groups in total. The van der Waals surface area contributed by atoms with E-state index in [0.717, 1.165) is 16.0 Å². The van der Waals surface area contributed by atoms with Crippen LogP contribution in [-0.2, 0) is 25.4 Å². The molecule has 0 bridgehead atoms. The number of hydrogen-bond donors (Lipinski definition) is 0. The number of aryl methyl sites for hydroxylation is 2. The van der Waals surface area contributed by atoms with Crippen molar-refractivity contribution in [2.24, 2.45) is 14.1 Å². The molecule has 0 radical (unpaired) electrons. The number of rotatable bonds is 4. The van der Waals surface area contributed by atoms with Gasteiger partial charge in [-0.05, 0) is 30.7 Å². The van der Waals surface area contributed by atoms with Gasteiger partial charge in [0.2, 0.25) is 0 Å². The topological polar surface area (TPSA) is 104 Å². The highest BCUT2D eigenvalue weighted by Gasteiger charge is 2.39. The van der Waals surface area contributed by atoms with Crippen LogP contribution in [0, 0.1) is 6.92 Å². The Morgan fingerprint density at radius 2 is 2.00 bits per heavy atom. The molecule has 0 unspecified atom stereocenters. The lowest BCUT2D eigenvalue weighted by atomic mass is 10.2. The van der Waals surface area contributed by atoms with Crippen LogP contribution in [0.5, 0.6) is 0 Å². The number of amides is 1. The molecule has 6 rings (SSSR count). The van der Waals surface area contributed by atoms with Gasteiger partial charge in [-0.1, -0.05) is 0 Å². The van der Waals surface area contributed by atoms with Crippen molar-refractivity contribution < 1.29 is 13.9 Å². The van der Waals surface area contributed by atoms with Gasteiger partial charge in [-0.3, -0.25) is 13.9 Å². The second kappa shape index (κ2) is 8.56. The SMILES string of the molecule is Cc1csc(-c2c3c(=O)n(C)c(=O)n(C)c3c3n2C[C@@H](CN2CCOC2=O)S[C@H]3c2ccc(Cl)o2)n1. The van der Waals surface area contributed by atoms with Gasteiger partial charge in [-0.15, -0.1) is 23.1 Å². The number of aromatic nitrogens is 4. The predicted octanol–water partition coefficient (Wildman–Crippen LogP) is 3.37. The molecular weight excluding hydrogens is 526 g/mol. The highest BCUT2D eigenvalue weighted by molar-refractivity contribution is 8.00. The molecule has 0 aromatic carbocycles. The fraction of sp³-hybridized carbons (Fsp3) is 0.391. The number of thioether (sulfide) groups is 1. The normalized spacial score (nSPS) is 19.8. The fourth-order valence-corrected chi connectivity index (χ4v) is 7.52. The van der Waals surface area contributed by atoms with Gasteiger partial charge >= 0.3 is 11.8 Å². The van der Waals surface area contributed by atoms with Crippen LogP contribution < -0.4 is 11.2 Å². The second-order valence-corrected chi connectivity index (χ2v) is 11.5. The summed E-state index contributed by atoms with van der Waals surface area (Å²) in [4.78, 5) is 45.2. The molecule has 13 heteroatoms. The Hall–Kier alpha value is -2.96. The van der Waals surface area contributed by atoms with Gasteiger partial charge < -0.3 is 18.6 Å². The van der Waals surface area contributed by atoms with Crippen LogP contribution in [0.1, 0.15) is 22.4 Å². The lowest BCUT2D eigenvalue weighted by Gasteiger charge is -2.32. The number of carbonyl (C=O) groups is 1. The molecule has 0 spiro atoms. The highest BCUT2D eigenvalue weighted by atomic mass is 35.5. The number of halogens is 1. The van der Waals surface area contributed by atoms with Gasteiger partial charge in [0.25, 0.3) is 5.56 Å². The molecule has 1 saturated heterocycles. The lowest BCUT2D eigenvalue weighted by Crippen LogP contribution is -2.37. The first-order chi connectivity index (χ1) is 17.2. The average molecular weight is 548 g/mol. The zero-order valence-electron chi connectivity index (χ0n) is 19.7. The number of nitrogens with zero attached hydrogens (tertiary/aromatic N) is 5. The van der Waals surface area contributed by atoms with Crippen LogP contribution in [-0.4, -0.2) is 54.6 Å². The van der Waals surface area contributed by atoms with E-state index in [1.165, 1.54) is 23.0 Å². The summed E-state index contributed by atoms with van der Waals surface area (Å²) in [6.07, 6.45) is -0.330. The summed E-state index contributed by atoms with van der Waals surface area (Å²) < 4.78 is 15.7. The van der Waals surface area contributed by atoms with Crippen molar-refractivity contribution in [3.05, 3.63) is 60.7 Å². The van der Waals surface area contributed by atoms with Crippen LogP contribution in [0.4, 0.5) is 4.79 Å². The summed E-state index contributed by atoms with van der Waals surface area (Å²) in [6.45, 7) is 3.78. The van der Waals surface area contributed by atoms with Gasteiger partial charge in [0.1, 0.15) is 22.6 Å². The van der Waals surface area contributed by atoms with Crippen molar-refractivity contribution in [3.8, 4) is 10.7 Å². The number of thiazole rings is 1. The third kappa shape index (κ3) is 3.53. The Bertz CT molecular complexity index is 1650. The molecular formula is C23H22ClN5O5S2. The summed E-state index contributed by atoms with van der Waals surface area (Å²) in [5.41, 5.74) is 2.06. The first-order valence-corrected chi connectivity index (χ1v) is 13.5. The van der Waals surface area contributed by atoms with Crippen LogP contribution in [0.2, 0.25) is 5.22 Å². The molecule has 0 aliphatic carbocycles. The summed E-state index contributed by atoms with van der Waals surface area (Å²) in [5.74, 6) is 0.606. The molecule has 0 saturated carbocycles. The smallest absolute Gasteiger partial charge is 0.409 e. The highest BCUT2D eigenvalue weighted by Crippen LogP contribution is 2.49. The van der Waals surface area contributed by atoms with Crippen LogP contribution >= 0.6 is 34.7 Å². The Morgan fingerprint density at radius 1 is 1.19 bits per heavy atom. The summed E-state index contributed by atoms with van der Waals surface area (Å²) in [7, 11) is 3.16. The number of carbonyl (C=O) groups excluding carboxylic acids is 1. The van der Waals surface area contributed by atoms with Crippen molar-refractivity contribution in [1.82, 2.24) is 23.6 Å². The number of fused-ring (bicyclic) bond motifs is 3. The number of ether oxygens (including phenoxy) is 1. The third-order valence-corrected chi connectivity index (χ3v) is 9.19. The molecule has 2 atom stereocenters. The first-order valence-electron chi connectivity index (χ1n) is 11.3. The maximum Gasteiger partial charge on any atom is 0.409 e. The predicted molar refractivity (Wildman–Crippen MR) is 138 cm³/mol. The lowest BCUT2D eigenvalue weighted by molar-refractivity contribution is 0.158. The minimum atomic E-state index is -0.411. The van der Waals surface area contributed by atoms with Gasteiger partial charge in [-0.25, -0.2) is 14.6 Å². The van der Waals surface area contributed by atoms with Gasteiger partial charge in [0, 0.05) is 43.5 Å². The summed E-state index contributed by atoms with van der Waals surface area (Å²) in [6, 6.07) is 3.49. The maximum absolute atomic E-state index is 13.6. The molecule has 36 heavy (non-hydrogen) atoms. The minimum Gasteiger partial charge on any atom is -0.448 e. The maximum atomic E-state index is 13.6. The van der Waals surface area contributed by atoms with Gasteiger partial charge in [0.05, 0.1) is 28.8 Å². The van der Waals surface area contributed by atoms with E-state index in [-0.39, 0.29) is 27.4 Å². The fourth-order valence-electron chi connectivity index (χ4n) is 4.99. The largest absolute Gasteiger partial charge is 0.448 e. The van der Waals surface area contributed by atoms with Crippen molar-refractivity contribution in [1.29, 1.82) is 0 Å². The van der Waals surface area contributed by atoms with Crippen LogP contribution in [0.3, 0.4) is 0 Å². The molecule has 6 heterocycles. The van der Waals surface area contributed by atoms with E-state index in [1.54, 1.807) is 29.8 Å². The Labute approximate surface area is 218 Å². The molecule has 2 aliphatic rings. The van der Waals surface area contributed by atoms with Crippen molar-refractivity contribution in [2.45, 2.75) is 24.0 Å². The van der Waals surface area contributed by atoms with Crippen LogP contribution in [0.25, 0.3) is 21.6 Å². The Balaban J connectivity index is 1.65. The van der Waals surface area contributed by atoms with Crippen molar-refractivity contribution in [2.75, 3.05) is 19.7 Å². The number of cyclic esters (lactones) is 1. The Kier molecular flexibility index (Phi) is 5.58. The number of furan rings is 1. The standard InChI is InChI=1S/C23H22ClN5O5S2/c1-11-10-35-20(25-11)17-15-16(26(2)22(31)27(3)21(15)30)18-19(13-4-5-14(24)34-13)36-12(9-29(17)18)8-28-6-7-33-23(28)32/h4-5,10,12,19H,6-9H2,1-3H3/t12-,19+/m1/s1. The minimum absolute atomic E-state index is 0.0421. The molecule has 1 fully saturated rings. The van der Waals surface area contributed by atoms with E-state index >= 15 is 0 Å². The molecule has 4 aromatic heterocycles. The summed E-state index contributed by atoms with van der Waals surface area (Å²) in [5, 5.41) is 2.91. The summed E-state index contributed by atoms with van der Waals surface area (Å²) >= 11 is 9.23. The zero-order chi connectivity index (χ0) is 25.3. The third-order valence-electron chi connectivity index (χ3n) is 6.61. The molecule has 1 amide bonds. The van der Waals surface area contributed by atoms with E-state index in [0.29, 0.717) is 53.6 Å². The first kappa shape index (κ1) is 23.4.